The highest BCUT2D eigenvalue weighted by Crippen LogP contribution is 2.35. The molecule has 1 fully saturated rings. The van der Waals surface area contributed by atoms with Crippen molar-refractivity contribution in [3.8, 4) is 0 Å². The van der Waals surface area contributed by atoms with Crippen molar-refractivity contribution >= 4 is 28.3 Å². The standard InChI is InChI=1S/C23H30N4O2S/c1-2-3-6-16-8-10-17(11-9-16)22(29)27-14-12-18-20(15-27)30-23(25-18)26-21(28)19-7-4-5-13-24-19/h4-5,7,13,16-17H,2-3,6,8-12,14-15H2,1H3,(H,25,26,28). The number of nitrogens with one attached hydrogen (secondary N) is 1. The lowest BCUT2D eigenvalue weighted by atomic mass is 9.79. The molecule has 7 heteroatoms. The van der Waals surface area contributed by atoms with E-state index < -0.39 is 0 Å². The van der Waals surface area contributed by atoms with Crippen molar-refractivity contribution in [3.05, 3.63) is 40.7 Å². The molecule has 2 amide bonds. The number of carbonyl (C=O) groups is 2. The van der Waals surface area contributed by atoms with Crippen LogP contribution in [0.5, 0.6) is 0 Å². The Bertz CT molecular complexity index is 875. The second kappa shape index (κ2) is 9.69. The monoisotopic (exact) mass is 426 g/mol. The normalized spacial score (nSPS) is 21.2. The van der Waals surface area contributed by atoms with E-state index in [1.54, 1.807) is 24.4 Å². The molecule has 2 aliphatic rings. The number of hydrogen-bond donors (Lipinski definition) is 1. The van der Waals surface area contributed by atoms with Crippen molar-refractivity contribution in [1.29, 1.82) is 0 Å². The zero-order chi connectivity index (χ0) is 20.9. The summed E-state index contributed by atoms with van der Waals surface area (Å²) < 4.78 is 0. The number of unbranched alkanes of at least 4 members (excludes halogenated alkanes) is 1. The molecule has 1 N–H and O–H groups in total. The minimum atomic E-state index is -0.255. The second-order valence-corrected chi connectivity index (χ2v) is 9.51. The van der Waals surface area contributed by atoms with Crippen LogP contribution < -0.4 is 5.32 Å². The zero-order valence-electron chi connectivity index (χ0n) is 17.6. The van der Waals surface area contributed by atoms with E-state index in [1.807, 2.05) is 4.90 Å². The largest absolute Gasteiger partial charge is 0.337 e. The molecule has 1 saturated carbocycles. The van der Waals surface area contributed by atoms with Crippen LogP contribution in [0.4, 0.5) is 5.13 Å². The SMILES string of the molecule is CCCCC1CCC(C(=O)N2CCc3nc(NC(=O)c4ccccn4)sc3C2)CC1. The third kappa shape index (κ3) is 4.89. The number of amides is 2. The molecule has 3 heterocycles. The van der Waals surface area contributed by atoms with Crippen molar-refractivity contribution in [2.75, 3.05) is 11.9 Å². The molecular formula is C23H30N4O2S. The van der Waals surface area contributed by atoms with Gasteiger partial charge < -0.3 is 4.90 Å². The highest BCUT2D eigenvalue weighted by atomic mass is 32.1. The summed E-state index contributed by atoms with van der Waals surface area (Å²) in [7, 11) is 0. The molecule has 0 bridgehead atoms. The molecular weight excluding hydrogens is 396 g/mol. The van der Waals surface area contributed by atoms with Gasteiger partial charge in [-0.25, -0.2) is 4.98 Å². The molecule has 0 unspecified atom stereocenters. The second-order valence-electron chi connectivity index (χ2n) is 8.43. The van der Waals surface area contributed by atoms with Gasteiger partial charge in [0, 0.05) is 30.0 Å². The number of pyridine rings is 1. The van der Waals surface area contributed by atoms with Gasteiger partial charge in [-0.3, -0.25) is 19.9 Å². The fourth-order valence-electron chi connectivity index (χ4n) is 4.54. The summed E-state index contributed by atoms with van der Waals surface area (Å²) in [6.45, 7) is 3.58. The van der Waals surface area contributed by atoms with Crippen molar-refractivity contribution in [3.63, 3.8) is 0 Å². The molecule has 6 nitrogen and oxygen atoms in total. The Morgan fingerprint density at radius 1 is 1.23 bits per heavy atom. The molecule has 0 atom stereocenters. The summed E-state index contributed by atoms with van der Waals surface area (Å²) in [5, 5.41) is 3.43. The average molecular weight is 427 g/mol. The van der Waals surface area contributed by atoms with Crippen LogP contribution in [0.1, 0.15) is 72.9 Å². The number of nitrogens with zero attached hydrogens (tertiary/aromatic N) is 3. The first-order chi connectivity index (χ1) is 14.6. The molecule has 1 aliphatic carbocycles. The summed E-state index contributed by atoms with van der Waals surface area (Å²) in [6, 6.07) is 5.25. The minimum absolute atomic E-state index is 0.181. The maximum Gasteiger partial charge on any atom is 0.276 e. The summed E-state index contributed by atoms with van der Waals surface area (Å²) in [6.07, 6.45) is 10.7. The van der Waals surface area contributed by atoms with Gasteiger partial charge in [-0.05, 0) is 43.7 Å². The molecule has 0 spiro atoms. The van der Waals surface area contributed by atoms with Crippen LogP contribution in [0.25, 0.3) is 0 Å². The topological polar surface area (TPSA) is 75.2 Å². The van der Waals surface area contributed by atoms with E-state index >= 15 is 0 Å². The third-order valence-electron chi connectivity index (χ3n) is 6.32. The highest BCUT2D eigenvalue weighted by molar-refractivity contribution is 7.15. The molecule has 4 rings (SSSR count). The Morgan fingerprint density at radius 2 is 2.07 bits per heavy atom. The fourth-order valence-corrected chi connectivity index (χ4v) is 5.56. The summed E-state index contributed by atoms with van der Waals surface area (Å²) in [4.78, 5) is 37.2. The van der Waals surface area contributed by atoms with E-state index in [2.05, 4.69) is 22.2 Å². The number of rotatable bonds is 6. The van der Waals surface area contributed by atoms with Crippen LogP contribution in [0.15, 0.2) is 24.4 Å². The van der Waals surface area contributed by atoms with Crippen LogP contribution in [-0.4, -0.2) is 33.2 Å². The van der Waals surface area contributed by atoms with Crippen LogP contribution in [-0.2, 0) is 17.8 Å². The predicted octanol–water partition coefficient (Wildman–Crippen LogP) is 4.67. The first-order valence-corrected chi connectivity index (χ1v) is 12.0. The quantitative estimate of drug-likeness (QED) is 0.728. The zero-order valence-corrected chi connectivity index (χ0v) is 18.4. The maximum atomic E-state index is 13.1. The molecule has 160 valence electrons. The van der Waals surface area contributed by atoms with Crippen LogP contribution in [0, 0.1) is 11.8 Å². The number of fused-ring (bicyclic) bond motifs is 1. The summed E-state index contributed by atoms with van der Waals surface area (Å²) in [5.41, 5.74) is 1.38. The van der Waals surface area contributed by atoms with Gasteiger partial charge in [0.05, 0.1) is 12.2 Å². The van der Waals surface area contributed by atoms with Gasteiger partial charge in [0.15, 0.2) is 5.13 Å². The fraction of sp³-hybridized carbons (Fsp3) is 0.565. The predicted molar refractivity (Wildman–Crippen MR) is 118 cm³/mol. The van der Waals surface area contributed by atoms with E-state index in [0.717, 1.165) is 42.3 Å². The van der Waals surface area contributed by atoms with E-state index in [0.29, 0.717) is 23.3 Å². The lowest BCUT2D eigenvalue weighted by Gasteiger charge is -2.33. The van der Waals surface area contributed by atoms with Crippen molar-refractivity contribution in [2.24, 2.45) is 11.8 Å². The van der Waals surface area contributed by atoms with Crippen molar-refractivity contribution in [1.82, 2.24) is 14.9 Å². The van der Waals surface area contributed by atoms with Crippen molar-refractivity contribution < 1.29 is 9.59 Å². The number of carbonyl (C=O) groups excluding carboxylic acids is 2. The molecule has 2 aromatic heterocycles. The smallest absolute Gasteiger partial charge is 0.276 e. The highest BCUT2D eigenvalue weighted by Gasteiger charge is 2.32. The Kier molecular flexibility index (Phi) is 6.77. The summed E-state index contributed by atoms with van der Waals surface area (Å²) in [5.74, 6) is 1.05. The van der Waals surface area contributed by atoms with E-state index in [-0.39, 0.29) is 11.8 Å². The Labute approximate surface area is 182 Å². The first-order valence-electron chi connectivity index (χ1n) is 11.1. The third-order valence-corrected chi connectivity index (χ3v) is 7.32. The Morgan fingerprint density at radius 3 is 2.80 bits per heavy atom. The van der Waals surface area contributed by atoms with Crippen molar-refractivity contribution in [2.45, 2.75) is 64.8 Å². The van der Waals surface area contributed by atoms with Crippen LogP contribution >= 0.6 is 11.3 Å². The van der Waals surface area contributed by atoms with E-state index in [9.17, 15) is 9.59 Å². The lowest BCUT2D eigenvalue weighted by molar-refractivity contribution is -0.137. The van der Waals surface area contributed by atoms with Gasteiger partial charge >= 0.3 is 0 Å². The Balaban J connectivity index is 1.33. The van der Waals surface area contributed by atoms with E-state index in [4.69, 9.17) is 0 Å². The van der Waals surface area contributed by atoms with Crippen LogP contribution in [0.2, 0.25) is 0 Å². The first kappa shape index (κ1) is 21.0. The molecule has 0 radical (unpaired) electrons. The number of aromatic nitrogens is 2. The van der Waals surface area contributed by atoms with E-state index in [1.165, 1.54) is 43.4 Å². The maximum absolute atomic E-state index is 13.1. The lowest BCUT2D eigenvalue weighted by Crippen LogP contribution is -2.40. The molecule has 0 aromatic carbocycles. The van der Waals surface area contributed by atoms with Gasteiger partial charge in [0.2, 0.25) is 5.91 Å². The number of thiazole rings is 1. The summed E-state index contributed by atoms with van der Waals surface area (Å²) >= 11 is 1.47. The molecule has 30 heavy (non-hydrogen) atoms. The molecule has 1 aliphatic heterocycles. The van der Waals surface area contributed by atoms with Crippen LogP contribution in [0.3, 0.4) is 0 Å². The average Bonchev–Trinajstić information content (AvgIpc) is 3.19. The van der Waals surface area contributed by atoms with Gasteiger partial charge in [-0.2, -0.15) is 0 Å². The number of hydrogen-bond acceptors (Lipinski definition) is 5. The minimum Gasteiger partial charge on any atom is -0.337 e. The Hall–Kier alpha value is -2.28. The molecule has 2 aromatic rings. The van der Waals surface area contributed by atoms with Gasteiger partial charge in [-0.15, -0.1) is 0 Å². The van der Waals surface area contributed by atoms with Gasteiger partial charge in [-0.1, -0.05) is 43.6 Å². The van der Waals surface area contributed by atoms with Gasteiger partial charge in [0.25, 0.3) is 5.91 Å². The van der Waals surface area contributed by atoms with Gasteiger partial charge in [0.1, 0.15) is 5.69 Å². The number of anilines is 1. The molecule has 0 saturated heterocycles.